The van der Waals surface area contributed by atoms with Crippen LogP contribution < -0.4 is 5.32 Å². The molecule has 2 rings (SSSR count). The molecule has 20 heavy (non-hydrogen) atoms. The highest BCUT2D eigenvalue weighted by Crippen LogP contribution is 2.23. The number of aromatic nitrogens is 3. The molecule has 1 N–H and O–H groups in total. The van der Waals surface area contributed by atoms with Crippen LogP contribution in [0.3, 0.4) is 0 Å². The molecule has 0 aliphatic carbocycles. The Morgan fingerprint density at radius 3 is 2.80 bits per heavy atom. The monoisotopic (exact) mass is 292 g/mol. The molecule has 1 atom stereocenters. The normalized spacial score (nSPS) is 12.6. The van der Waals surface area contributed by atoms with E-state index < -0.39 is 0 Å². The first-order valence-electron chi connectivity index (χ1n) is 6.94. The topological polar surface area (TPSA) is 42.7 Å². The number of nitrogens with zero attached hydrogens (tertiary/aromatic N) is 3. The van der Waals surface area contributed by atoms with Gasteiger partial charge in [0.2, 0.25) is 0 Å². The summed E-state index contributed by atoms with van der Waals surface area (Å²) >= 11 is 6.24. The zero-order valence-electron chi connectivity index (χ0n) is 12.2. The molecule has 0 aliphatic rings. The molecular formula is C15H21ClN4. The van der Waals surface area contributed by atoms with E-state index in [4.69, 9.17) is 11.6 Å². The van der Waals surface area contributed by atoms with E-state index in [1.807, 2.05) is 26.2 Å². The highest BCUT2D eigenvalue weighted by molar-refractivity contribution is 6.31. The average molecular weight is 293 g/mol. The molecule has 0 bridgehead atoms. The van der Waals surface area contributed by atoms with Gasteiger partial charge in [-0.15, -0.1) is 5.10 Å². The number of hydrogen-bond acceptors (Lipinski definition) is 3. The molecule has 0 aliphatic heterocycles. The van der Waals surface area contributed by atoms with Crippen LogP contribution in [0.1, 0.15) is 36.2 Å². The van der Waals surface area contributed by atoms with Crippen LogP contribution in [0.5, 0.6) is 0 Å². The van der Waals surface area contributed by atoms with Crippen molar-refractivity contribution in [1.82, 2.24) is 20.3 Å². The smallest absolute Gasteiger partial charge is 0.0845 e. The maximum atomic E-state index is 6.24. The summed E-state index contributed by atoms with van der Waals surface area (Å²) in [6.45, 7) is 5.15. The third kappa shape index (κ3) is 3.81. The molecule has 0 spiro atoms. The quantitative estimate of drug-likeness (QED) is 0.890. The number of rotatable bonds is 6. The Morgan fingerprint density at radius 2 is 2.20 bits per heavy atom. The second-order valence-corrected chi connectivity index (χ2v) is 5.51. The number of hydrogen-bond donors (Lipinski definition) is 1. The lowest BCUT2D eigenvalue weighted by Crippen LogP contribution is -2.24. The fraction of sp³-hybridized carbons (Fsp3) is 0.467. The first-order valence-corrected chi connectivity index (χ1v) is 7.32. The van der Waals surface area contributed by atoms with Crippen molar-refractivity contribution >= 4 is 11.6 Å². The molecule has 0 radical (unpaired) electrons. The van der Waals surface area contributed by atoms with Crippen molar-refractivity contribution in [3.63, 3.8) is 0 Å². The second kappa shape index (κ2) is 6.86. The number of aryl methyl sites for hydroxylation is 2. The van der Waals surface area contributed by atoms with Crippen molar-refractivity contribution in [2.45, 2.75) is 32.7 Å². The van der Waals surface area contributed by atoms with Crippen molar-refractivity contribution in [2.75, 3.05) is 6.54 Å². The van der Waals surface area contributed by atoms with E-state index in [1.165, 1.54) is 5.56 Å². The van der Waals surface area contributed by atoms with Gasteiger partial charge in [0, 0.05) is 30.7 Å². The second-order valence-electron chi connectivity index (χ2n) is 5.10. The van der Waals surface area contributed by atoms with E-state index in [9.17, 15) is 0 Å². The van der Waals surface area contributed by atoms with Gasteiger partial charge < -0.3 is 5.32 Å². The lowest BCUT2D eigenvalue weighted by molar-refractivity contribution is 0.524. The molecule has 0 saturated carbocycles. The lowest BCUT2D eigenvalue weighted by atomic mass is 10.0. The van der Waals surface area contributed by atoms with Crippen LogP contribution in [0, 0.1) is 6.92 Å². The summed E-state index contributed by atoms with van der Waals surface area (Å²) in [5.41, 5.74) is 3.28. The maximum Gasteiger partial charge on any atom is 0.0845 e. The van der Waals surface area contributed by atoms with Gasteiger partial charge in [0.05, 0.1) is 5.69 Å². The standard InChI is InChI=1S/C15H21ClN4/c1-4-7-17-15(9-13-10-20(3)19-18-13)12-6-5-11(2)14(16)8-12/h5-6,8,10,15,17H,4,7,9H2,1-3H3. The lowest BCUT2D eigenvalue weighted by Gasteiger charge is -2.18. The molecule has 0 fully saturated rings. The Labute approximate surface area is 125 Å². The highest BCUT2D eigenvalue weighted by atomic mass is 35.5. The van der Waals surface area contributed by atoms with Gasteiger partial charge in [0.15, 0.2) is 0 Å². The minimum atomic E-state index is 0.213. The first kappa shape index (κ1) is 15.0. The van der Waals surface area contributed by atoms with Crippen LogP contribution in [-0.2, 0) is 13.5 Å². The maximum absolute atomic E-state index is 6.24. The summed E-state index contributed by atoms with van der Waals surface area (Å²) < 4.78 is 1.73. The van der Waals surface area contributed by atoms with E-state index in [2.05, 4.69) is 34.7 Å². The van der Waals surface area contributed by atoms with Crippen LogP contribution in [-0.4, -0.2) is 21.5 Å². The third-order valence-electron chi connectivity index (χ3n) is 3.30. The summed E-state index contributed by atoms with van der Waals surface area (Å²) in [5, 5.41) is 12.5. The Kier molecular flexibility index (Phi) is 5.15. The summed E-state index contributed by atoms with van der Waals surface area (Å²) in [7, 11) is 1.88. The van der Waals surface area contributed by atoms with E-state index in [0.717, 1.165) is 35.7 Å². The number of halogens is 1. The van der Waals surface area contributed by atoms with E-state index in [1.54, 1.807) is 4.68 Å². The fourth-order valence-electron chi connectivity index (χ4n) is 2.15. The average Bonchev–Trinajstić information content (AvgIpc) is 2.83. The Morgan fingerprint density at radius 1 is 1.40 bits per heavy atom. The highest BCUT2D eigenvalue weighted by Gasteiger charge is 2.14. The van der Waals surface area contributed by atoms with Gasteiger partial charge in [-0.2, -0.15) is 0 Å². The number of benzene rings is 1. The van der Waals surface area contributed by atoms with Crippen molar-refractivity contribution in [3.8, 4) is 0 Å². The molecule has 1 aromatic heterocycles. The molecule has 2 aromatic rings. The molecule has 1 heterocycles. The van der Waals surface area contributed by atoms with Crippen LogP contribution in [0.25, 0.3) is 0 Å². The summed E-state index contributed by atoms with van der Waals surface area (Å²) in [5.74, 6) is 0. The predicted octanol–water partition coefficient (Wildman–Crippen LogP) is 3.06. The SMILES string of the molecule is CCCNC(Cc1cn(C)nn1)c1ccc(C)c(Cl)c1. The third-order valence-corrected chi connectivity index (χ3v) is 3.71. The van der Waals surface area contributed by atoms with E-state index in [0.29, 0.717) is 0 Å². The van der Waals surface area contributed by atoms with E-state index >= 15 is 0 Å². The van der Waals surface area contributed by atoms with Gasteiger partial charge in [0.25, 0.3) is 0 Å². The van der Waals surface area contributed by atoms with Crippen molar-refractivity contribution in [3.05, 3.63) is 46.2 Å². The minimum Gasteiger partial charge on any atom is -0.310 e. The van der Waals surface area contributed by atoms with Crippen molar-refractivity contribution in [1.29, 1.82) is 0 Å². The summed E-state index contributed by atoms with van der Waals surface area (Å²) in [4.78, 5) is 0. The van der Waals surface area contributed by atoms with E-state index in [-0.39, 0.29) is 6.04 Å². The molecule has 108 valence electrons. The van der Waals surface area contributed by atoms with Gasteiger partial charge in [-0.25, -0.2) is 0 Å². The summed E-state index contributed by atoms with van der Waals surface area (Å²) in [6, 6.07) is 6.45. The zero-order valence-corrected chi connectivity index (χ0v) is 13.0. The predicted molar refractivity (Wildman–Crippen MR) is 81.9 cm³/mol. The molecular weight excluding hydrogens is 272 g/mol. The van der Waals surface area contributed by atoms with Crippen molar-refractivity contribution in [2.24, 2.45) is 7.05 Å². The van der Waals surface area contributed by atoms with Gasteiger partial charge in [0.1, 0.15) is 0 Å². The van der Waals surface area contributed by atoms with Crippen LogP contribution >= 0.6 is 11.6 Å². The molecule has 0 saturated heterocycles. The van der Waals surface area contributed by atoms with Crippen LogP contribution in [0.2, 0.25) is 5.02 Å². The molecule has 1 unspecified atom stereocenters. The van der Waals surface area contributed by atoms with Gasteiger partial charge >= 0.3 is 0 Å². The molecule has 0 amide bonds. The van der Waals surface area contributed by atoms with Crippen LogP contribution in [0.4, 0.5) is 0 Å². The fourth-order valence-corrected chi connectivity index (χ4v) is 2.34. The largest absolute Gasteiger partial charge is 0.310 e. The molecule has 4 nitrogen and oxygen atoms in total. The zero-order chi connectivity index (χ0) is 14.5. The molecule has 5 heteroatoms. The Bertz CT molecular complexity index is 565. The Balaban J connectivity index is 2.19. The first-order chi connectivity index (χ1) is 9.60. The number of nitrogens with one attached hydrogen (secondary N) is 1. The van der Waals surface area contributed by atoms with Gasteiger partial charge in [-0.3, -0.25) is 4.68 Å². The minimum absolute atomic E-state index is 0.213. The molecule has 1 aromatic carbocycles. The Hall–Kier alpha value is -1.39. The van der Waals surface area contributed by atoms with Gasteiger partial charge in [-0.1, -0.05) is 35.9 Å². The summed E-state index contributed by atoms with van der Waals surface area (Å²) in [6.07, 6.45) is 3.86. The van der Waals surface area contributed by atoms with Gasteiger partial charge in [-0.05, 0) is 37.1 Å². The van der Waals surface area contributed by atoms with Crippen molar-refractivity contribution < 1.29 is 0 Å². The van der Waals surface area contributed by atoms with Crippen LogP contribution in [0.15, 0.2) is 24.4 Å².